The Hall–Kier alpha value is -2.60. The number of carbonyl (C=O) groups is 2. The van der Waals surface area contributed by atoms with Crippen molar-refractivity contribution in [2.24, 2.45) is 12.8 Å². The molecule has 1 heterocycles. The maximum absolute atomic E-state index is 12.8. The molecule has 1 aromatic carbocycles. The Morgan fingerprint density at radius 2 is 1.72 bits per heavy atom. The van der Waals surface area contributed by atoms with E-state index in [1.54, 1.807) is 23.9 Å². The van der Waals surface area contributed by atoms with Crippen molar-refractivity contribution in [3.63, 3.8) is 0 Å². The number of aromatic nitrogens is 1. The number of anilines is 1. The first kappa shape index (κ1) is 21.1. The van der Waals surface area contributed by atoms with E-state index in [-0.39, 0.29) is 16.7 Å². The zero-order chi connectivity index (χ0) is 21.6. The molecule has 2 aromatic rings. The number of hydrogen-bond acceptors (Lipinski definition) is 4. The molecule has 0 spiro atoms. The molecule has 0 saturated heterocycles. The number of esters is 1. The van der Waals surface area contributed by atoms with Gasteiger partial charge in [0.2, 0.25) is 5.91 Å². The minimum absolute atomic E-state index is 0.0475. The van der Waals surface area contributed by atoms with E-state index in [2.05, 4.69) is 45.1 Å². The third-order valence-electron chi connectivity index (χ3n) is 6.19. The fraction of sp³-hybridized carbons (Fsp3) is 0.478. The maximum atomic E-state index is 12.8. The standard InChI is InChI=1S/C23H31N3O3/c1-22(2)9-10-23(3,4)17-11-14(7-8-16(17)22)19(24)20(27)25-15-12-18(21(28)29-6)26(5)13-15/h7-8,11-13,19H,9-10,24H2,1-6H3,(H,25,27). The summed E-state index contributed by atoms with van der Waals surface area (Å²) in [5, 5.41) is 2.80. The van der Waals surface area contributed by atoms with Gasteiger partial charge in [0.05, 0.1) is 12.8 Å². The van der Waals surface area contributed by atoms with E-state index in [0.29, 0.717) is 11.4 Å². The Labute approximate surface area is 172 Å². The van der Waals surface area contributed by atoms with Gasteiger partial charge in [-0.3, -0.25) is 4.79 Å². The van der Waals surface area contributed by atoms with E-state index < -0.39 is 12.0 Å². The molecule has 3 rings (SSSR count). The number of nitrogens with zero attached hydrogens (tertiary/aromatic N) is 1. The molecule has 0 saturated carbocycles. The van der Waals surface area contributed by atoms with E-state index in [1.807, 2.05) is 6.07 Å². The summed E-state index contributed by atoms with van der Waals surface area (Å²) in [5.41, 5.74) is 10.7. The van der Waals surface area contributed by atoms with Crippen LogP contribution in [0.25, 0.3) is 0 Å². The molecule has 156 valence electrons. The SMILES string of the molecule is COC(=O)c1cc(NC(=O)C(N)c2ccc3c(c2)C(C)(C)CCC3(C)C)cn1C. The number of fused-ring (bicyclic) bond motifs is 1. The third kappa shape index (κ3) is 3.94. The second kappa shape index (κ2) is 7.34. The molecule has 0 radical (unpaired) electrons. The van der Waals surface area contributed by atoms with E-state index in [4.69, 9.17) is 10.5 Å². The number of nitrogens with two attached hydrogens (primary N) is 1. The molecule has 0 aliphatic heterocycles. The van der Waals surface area contributed by atoms with Crippen LogP contribution in [0.3, 0.4) is 0 Å². The summed E-state index contributed by atoms with van der Waals surface area (Å²) in [6.45, 7) is 9.02. The van der Waals surface area contributed by atoms with E-state index in [9.17, 15) is 9.59 Å². The van der Waals surface area contributed by atoms with Crippen molar-refractivity contribution in [1.29, 1.82) is 0 Å². The molecule has 3 N–H and O–H groups in total. The molecular weight excluding hydrogens is 366 g/mol. The van der Waals surface area contributed by atoms with Gasteiger partial charge in [0.15, 0.2) is 0 Å². The number of amides is 1. The predicted molar refractivity (Wildman–Crippen MR) is 114 cm³/mol. The highest BCUT2D eigenvalue weighted by Crippen LogP contribution is 2.46. The van der Waals surface area contributed by atoms with Crippen LogP contribution in [-0.4, -0.2) is 23.6 Å². The topological polar surface area (TPSA) is 86.3 Å². The minimum atomic E-state index is -0.803. The largest absolute Gasteiger partial charge is 0.464 e. The van der Waals surface area contributed by atoms with Crippen LogP contribution in [0.1, 0.15) is 73.8 Å². The van der Waals surface area contributed by atoms with Crippen LogP contribution in [0.4, 0.5) is 5.69 Å². The quantitative estimate of drug-likeness (QED) is 0.769. The molecule has 6 nitrogen and oxygen atoms in total. The number of nitrogens with one attached hydrogen (secondary N) is 1. The van der Waals surface area contributed by atoms with Gasteiger partial charge in [-0.1, -0.05) is 45.9 Å². The lowest BCUT2D eigenvalue weighted by atomic mass is 9.63. The van der Waals surface area contributed by atoms with Gasteiger partial charge in [-0.05, 0) is 46.4 Å². The fourth-order valence-corrected chi connectivity index (χ4v) is 4.11. The molecule has 29 heavy (non-hydrogen) atoms. The Morgan fingerprint density at radius 1 is 1.10 bits per heavy atom. The average molecular weight is 398 g/mol. The van der Waals surface area contributed by atoms with Crippen molar-refractivity contribution < 1.29 is 14.3 Å². The number of benzene rings is 1. The maximum Gasteiger partial charge on any atom is 0.354 e. The number of aryl methyl sites for hydroxylation is 1. The fourth-order valence-electron chi connectivity index (χ4n) is 4.11. The van der Waals surface area contributed by atoms with Gasteiger partial charge in [-0.2, -0.15) is 0 Å². The zero-order valence-electron chi connectivity index (χ0n) is 18.1. The molecule has 1 atom stereocenters. The first-order chi connectivity index (χ1) is 13.5. The molecule has 0 fully saturated rings. The van der Waals surface area contributed by atoms with Gasteiger partial charge in [0.1, 0.15) is 11.7 Å². The smallest absolute Gasteiger partial charge is 0.354 e. The van der Waals surface area contributed by atoms with Crippen molar-refractivity contribution >= 4 is 17.6 Å². The number of ether oxygens (including phenoxy) is 1. The zero-order valence-corrected chi connectivity index (χ0v) is 18.1. The lowest BCUT2D eigenvalue weighted by Crippen LogP contribution is -2.35. The molecular formula is C23H31N3O3. The van der Waals surface area contributed by atoms with Crippen LogP contribution in [0.5, 0.6) is 0 Å². The summed E-state index contributed by atoms with van der Waals surface area (Å²) in [5.74, 6) is -0.781. The summed E-state index contributed by atoms with van der Waals surface area (Å²) in [7, 11) is 3.04. The van der Waals surface area contributed by atoms with Crippen LogP contribution in [0.2, 0.25) is 0 Å². The molecule has 1 aliphatic rings. The average Bonchev–Trinajstić information content (AvgIpc) is 3.04. The Kier molecular flexibility index (Phi) is 5.34. The highest BCUT2D eigenvalue weighted by atomic mass is 16.5. The summed E-state index contributed by atoms with van der Waals surface area (Å²) in [6.07, 6.45) is 3.89. The molecule has 0 bridgehead atoms. The lowest BCUT2D eigenvalue weighted by molar-refractivity contribution is -0.117. The highest BCUT2D eigenvalue weighted by Gasteiger charge is 2.37. The Balaban J connectivity index is 1.85. The second-order valence-corrected chi connectivity index (χ2v) is 9.26. The van der Waals surface area contributed by atoms with E-state index in [1.165, 1.54) is 18.2 Å². The first-order valence-electron chi connectivity index (χ1n) is 9.92. The van der Waals surface area contributed by atoms with Gasteiger partial charge in [0.25, 0.3) is 0 Å². The van der Waals surface area contributed by atoms with Crippen LogP contribution in [0, 0.1) is 0 Å². The second-order valence-electron chi connectivity index (χ2n) is 9.26. The van der Waals surface area contributed by atoms with Crippen molar-refractivity contribution in [2.45, 2.75) is 57.4 Å². The number of rotatable bonds is 4. The summed E-state index contributed by atoms with van der Waals surface area (Å²) in [6, 6.07) is 6.94. The molecule has 1 aliphatic carbocycles. The Morgan fingerprint density at radius 3 is 2.34 bits per heavy atom. The van der Waals surface area contributed by atoms with Crippen molar-refractivity contribution in [3.05, 3.63) is 52.8 Å². The number of methoxy groups -OCH3 is 1. The number of hydrogen-bond donors (Lipinski definition) is 2. The van der Waals surface area contributed by atoms with Gasteiger partial charge in [0, 0.05) is 13.2 Å². The van der Waals surface area contributed by atoms with Gasteiger partial charge >= 0.3 is 5.97 Å². The third-order valence-corrected chi connectivity index (χ3v) is 6.19. The van der Waals surface area contributed by atoms with Gasteiger partial charge < -0.3 is 20.4 Å². The van der Waals surface area contributed by atoms with Crippen molar-refractivity contribution in [2.75, 3.05) is 12.4 Å². The molecule has 1 aromatic heterocycles. The first-order valence-corrected chi connectivity index (χ1v) is 9.92. The van der Waals surface area contributed by atoms with Crippen LogP contribution in [-0.2, 0) is 27.4 Å². The minimum Gasteiger partial charge on any atom is -0.464 e. The van der Waals surface area contributed by atoms with E-state index >= 15 is 0 Å². The van der Waals surface area contributed by atoms with Crippen molar-refractivity contribution in [3.8, 4) is 0 Å². The normalized spacial score (nSPS) is 17.9. The lowest BCUT2D eigenvalue weighted by Gasteiger charge is -2.42. The monoisotopic (exact) mass is 397 g/mol. The van der Waals surface area contributed by atoms with Crippen LogP contribution in [0.15, 0.2) is 30.5 Å². The summed E-state index contributed by atoms with van der Waals surface area (Å²) in [4.78, 5) is 24.5. The van der Waals surface area contributed by atoms with Gasteiger partial charge in [-0.25, -0.2) is 4.79 Å². The predicted octanol–water partition coefficient (Wildman–Crippen LogP) is 3.80. The van der Waals surface area contributed by atoms with Crippen LogP contribution >= 0.6 is 0 Å². The molecule has 1 amide bonds. The van der Waals surface area contributed by atoms with E-state index in [0.717, 1.165) is 18.4 Å². The Bertz CT molecular complexity index is 956. The summed E-state index contributed by atoms with van der Waals surface area (Å²) < 4.78 is 6.35. The van der Waals surface area contributed by atoms with Crippen LogP contribution < -0.4 is 11.1 Å². The number of carbonyl (C=O) groups excluding carboxylic acids is 2. The highest BCUT2D eigenvalue weighted by molar-refractivity contribution is 5.97. The van der Waals surface area contributed by atoms with Gasteiger partial charge in [-0.15, -0.1) is 0 Å². The summed E-state index contributed by atoms with van der Waals surface area (Å²) >= 11 is 0. The van der Waals surface area contributed by atoms with Crippen molar-refractivity contribution in [1.82, 2.24) is 4.57 Å². The molecule has 1 unspecified atom stereocenters. The molecule has 6 heteroatoms.